The summed E-state index contributed by atoms with van der Waals surface area (Å²) in [6.45, 7) is 4.33. The number of aromatic hydroxyl groups is 1. The molecule has 4 N–H and O–H groups in total. The molecule has 0 aromatic heterocycles. The van der Waals surface area contributed by atoms with Crippen LogP contribution in [-0.4, -0.2) is 101 Å². The number of benzene rings is 2. The molecular weight excluding hydrogens is 530 g/mol. The van der Waals surface area contributed by atoms with Crippen molar-refractivity contribution in [2.24, 2.45) is 0 Å². The predicted molar refractivity (Wildman–Crippen MR) is 147 cm³/mol. The highest BCUT2D eigenvalue weighted by atomic mass is 32.2. The van der Waals surface area contributed by atoms with Gasteiger partial charge in [0.15, 0.2) is 0 Å². The van der Waals surface area contributed by atoms with Crippen LogP contribution in [0.5, 0.6) is 5.75 Å². The number of nitrogens with one attached hydrogen (secondary N) is 2. The van der Waals surface area contributed by atoms with Gasteiger partial charge in [-0.25, -0.2) is 16.8 Å². The Bertz CT molecular complexity index is 1300. The molecule has 0 amide bonds. The second kappa shape index (κ2) is 11.8. The first kappa shape index (κ1) is 28.6. The minimum atomic E-state index is -3.56. The van der Waals surface area contributed by atoms with Gasteiger partial charge in [0, 0.05) is 57.5 Å². The molecular formula is C25H37N5O6S2. The third-order valence-corrected chi connectivity index (χ3v) is 9.60. The molecule has 2 aliphatic rings. The van der Waals surface area contributed by atoms with Crippen molar-refractivity contribution in [3.8, 4) is 5.75 Å². The molecule has 13 heteroatoms. The Labute approximate surface area is 225 Å². The summed E-state index contributed by atoms with van der Waals surface area (Å²) in [7, 11) is -5.06. The fraction of sp³-hybridized carbons (Fsp3) is 0.520. The highest BCUT2D eigenvalue weighted by Gasteiger charge is 2.28. The van der Waals surface area contributed by atoms with Crippen LogP contribution in [0.2, 0.25) is 0 Å². The standard InChI is InChI=1S/C25H37N5O6S2/c1-28-13-15-30(16-14-28)38(35,36)22-6-4-21(5-7-22)29-11-9-20(10-12-29)26-18-25(32)19-3-8-24(31)23(17-19)27-37(2,33)34/h3-8,17,20,25-27,31-32H,9-16,18H2,1-2H3. The van der Waals surface area contributed by atoms with E-state index in [1.54, 1.807) is 22.5 Å². The first-order valence-corrected chi connectivity index (χ1v) is 16.0. The van der Waals surface area contributed by atoms with Gasteiger partial charge in [0.05, 0.1) is 22.9 Å². The van der Waals surface area contributed by atoms with Crippen LogP contribution in [0.1, 0.15) is 24.5 Å². The van der Waals surface area contributed by atoms with E-state index in [0.717, 1.165) is 51.0 Å². The number of rotatable bonds is 9. The largest absolute Gasteiger partial charge is 0.506 e. The van der Waals surface area contributed by atoms with Crippen molar-refractivity contribution in [1.29, 1.82) is 0 Å². The lowest BCUT2D eigenvalue weighted by molar-refractivity contribution is 0.167. The van der Waals surface area contributed by atoms with E-state index in [1.807, 2.05) is 19.2 Å². The van der Waals surface area contributed by atoms with Gasteiger partial charge in [0.25, 0.3) is 0 Å². The number of anilines is 2. The Morgan fingerprint density at radius 3 is 2.18 bits per heavy atom. The van der Waals surface area contributed by atoms with Gasteiger partial charge in [0.1, 0.15) is 5.75 Å². The van der Waals surface area contributed by atoms with Gasteiger partial charge in [-0.1, -0.05) is 6.07 Å². The topological polar surface area (TPSA) is 143 Å². The molecule has 11 nitrogen and oxygen atoms in total. The summed E-state index contributed by atoms with van der Waals surface area (Å²) in [4.78, 5) is 4.67. The van der Waals surface area contributed by atoms with E-state index < -0.39 is 26.2 Å². The molecule has 0 aliphatic carbocycles. The first-order chi connectivity index (χ1) is 17.9. The van der Waals surface area contributed by atoms with E-state index in [-0.39, 0.29) is 24.0 Å². The van der Waals surface area contributed by atoms with Crippen LogP contribution in [-0.2, 0) is 20.0 Å². The van der Waals surface area contributed by atoms with Crippen molar-refractivity contribution in [3.05, 3.63) is 48.0 Å². The quantitative estimate of drug-likeness (QED) is 0.326. The van der Waals surface area contributed by atoms with Crippen LogP contribution in [0.25, 0.3) is 0 Å². The van der Waals surface area contributed by atoms with Crippen molar-refractivity contribution in [1.82, 2.24) is 14.5 Å². The van der Waals surface area contributed by atoms with E-state index in [0.29, 0.717) is 23.5 Å². The van der Waals surface area contributed by atoms with Crippen LogP contribution in [0.3, 0.4) is 0 Å². The van der Waals surface area contributed by atoms with Gasteiger partial charge in [-0.05, 0) is 61.9 Å². The van der Waals surface area contributed by atoms with Crippen molar-refractivity contribution >= 4 is 31.4 Å². The summed E-state index contributed by atoms with van der Waals surface area (Å²) in [5.74, 6) is -0.211. The van der Waals surface area contributed by atoms with E-state index in [1.165, 1.54) is 12.1 Å². The first-order valence-electron chi connectivity index (χ1n) is 12.7. The normalized spacial score (nSPS) is 19.4. The maximum Gasteiger partial charge on any atom is 0.243 e. The fourth-order valence-corrected chi connectivity index (χ4v) is 6.77. The monoisotopic (exact) mass is 567 g/mol. The van der Waals surface area contributed by atoms with E-state index in [4.69, 9.17) is 0 Å². The number of phenols is 1. The SMILES string of the molecule is CN1CCN(S(=O)(=O)c2ccc(N3CCC(NCC(O)c4ccc(O)c(NS(C)(=O)=O)c4)CC3)cc2)CC1. The molecule has 2 aromatic rings. The van der Waals surface area contributed by atoms with Gasteiger partial charge in [-0.2, -0.15) is 4.31 Å². The number of aliphatic hydroxyl groups excluding tert-OH is 1. The Kier molecular flexibility index (Phi) is 8.85. The minimum Gasteiger partial charge on any atom is -0.506 e. The Hall–Kier alpha value is -2.42. The van der Waals surface area contributed by atoms with Gasteiger partial charge in [0.2, 0.25) is 20.0 Å². The molecule has 4 rings (SSSR count). The summed E-state index contributed by atoms with van der Waals surface area (Å²) in [6, 6.07) is 11.7. The van der Waals surface area contributed by atoms with E-state index in [9.17, 15) is 27.0 Å². The number of piperazine rings is 1. The van der Waals surface area contributed by atoms with Crippen molar-refractivity contribution in [2.45, 2.75) is 29.9 Å². The lowest BCUT2D eigenvalue weighted by Gasteiger charge is -2.35. The zero-order chi connectivity index (χ0) is 27.5. The van der Waals surface area contributed by atoms with Gasteiger partial charge in [-0.15, -0.1) is 0 Å². The summed E-state index contributed by atoms with van der Waals surface area (Å²) < 4.78 is 52.7. The van der Waals surface area contributed by atoms with Crippen LogP contribution in [0, 0.1) is 0 Å². The van der Waals surface area contributed by atoms with Crippen molar-refractivity contribution in [2.75, 3.05) is 68.7 Å². The Morgan fingerprint density at radius 1 is 0.947 bits per heavy atom. The maximum absolute atomic E-state index is 13.0. The van der Waals surface area contributed by atoms with Gasteiger partial charge >= 0.3 is 0 Å². The highest BCUT2D eigenvalue weighted by molar-refractivity contribution is 7.92. The molecule has 0 radical (unpaired) electrons. The zero-order valence-electron chi connectivity index (χ0n) is 21.7. The van der Waals surface area contributed by atoms with Crippen LogP contribution in [0.15, 0.2) is 47.4 Å². The van der Waals surface area contributed by atoms with Crippen molar-refractivity contribution < 1.29 is 27.0 Å². The number of nitrogens with zero attached hydrogens (tertiary/aromatic N) is 3. The van der Waals surface area contributed by atoms with Crippen LogP contribution < -0.4 is 14.9 Å². The molecule has 38 heavy (non-hydrogen) atoms. The molecule has 2 fully saturated rings. The van der Waals surface area contributed by atoms with Crippen LogP contribution >= 0.6 is 0 Å². The number of sulfonamides is 2. The molecule has 0 bridgehead atoms. The second-order valence-corrected chi connectivity index (χ2v) is 13.7. The predicted octanol–water partition coefficient (Wildman–Crippen LogP) is 0.992. The maximum atomic E-state index is 13.0. The summed E-state index contributed by atoms with van der Waals surface area (Å²) in [5.41, 5.74) is 1.50. The zero-order valence-corrected chi connectivity index (χ0v) is 23.4. The lowest BCUT2D eigenvalue weighted by atomic mass is 10.0. The fourth-order valence-electron chi connectivity index (χ4n) is 4.79. The molecule has 1 unspecified atom stereocenters. The molecule has 2 aliphatic heterocycles. The second-order valence-electron chi connectivity index (χ2n) is 10.0. The summed E-state index contributed by atoms with van der Waals surface area (Å²) in [6.07, 6.45) is 1.83. The number of aliphatic hydroxyl groups is 1. The average Bonchev–Trinajstić information content (AvgIpc) is 2.88. The van der Waals surface area contributed by atoms with Crippen molar-refractivity contribution in [3.63, 3.8) is 0 Å². The third-order valence-electron chi connectivity index (χ3n) is 7.10. The molecule has 2 saturated heterocycles. The Morgan fingerprint density at radius 2 is 1.58 bits per heavy atom. The molecule has 210 valence electrons. The number of phenolic OH excluding ortho intramolecular Hbond substituents is 1. The number of hydrogen-bond donors (Lipinski definition) is 4. The summed E-state index contributed by atoms with van der Waals surface area (Å²) >= 11 is 0. The smallest absolute Gasteiger partial charge is 0.243 e. The lowest BCUT2D eigenvalue weighted by Crippen LogP contribution is -2.47. The molecule has 1 atom stereocenters. The molecule has 2 aromatic carbocycles. The Balaban J connectivity index is 1.27. The number of hydrogen-bond acceptors (Lipinski definition) is 9. The average molecular weight is 568 g/mol. The minimum absolute atomic E-state index is 0.0275. The van der Waals surface area contributed by atoms with Gasteiger partial charge < -0.3 is 25.3 Å². The number of likely N-dealkylation sites (N-methyl/N-ethyl adjacent to an activating group) is 1. The van der Waals surface area contributed by atoms with E-state index >= 15 is 0 Å². The number of piperidine rings is 1. The summed E-state index contributed by atoms with van der Waals surface area (Å²) in [5, 5.41) is 23.9. The van der Waals surface area contributed by atoms with Crippen LogP contribution in [0.4, 0.5) is 11.4 Å². The molecule has 2 heterocycles. The molecule has 0 spiro atoms. The van der Waals surface area contributed by atoms with E-state index in [2.05, 4.69) is 19.8 Å². The highest BCUT2D eigenvalue weighted by Crippen LogP contribution is 2.28. The van der Waals surface area contributed by atoms with Gasteiger partial charge in [-0.3, -0.25) is 4.72 Å². The third kappa shape index (κ3) is 7.16. The molecule has 0 saturated carbocycles.